The number of halogens is 1. The van der Waals surface area contributed by atoms with Gasteiger partial charge in [-0.2, -0.15) is 0 Å². The van der Waals surface area contributed by atoms with Crippen LogP contribution < -0.4 is 5.73 Å². The highest BCUT2D eigenvalue weighted by molar-refractivity contribution is 5.79. The molecule has 1 aromatic carbocycles. The number of benzene rings is 1. The molecule has 0 spiro atoms. The SMILES string of the molecule is Nc1ccc(F)cc1-c1nc2ncccc2[nH]1. The maximum Gasteiger partial charge on any atom is 0.178 e. The molecule has 0 fully saturated rings. The van der Waals surface area contributed by atoms with Crippen LogP contribution in [0, 0.1) is 5.82 Å². The van der Waals surface area contributed by atoms with Crippen molar-refractivity contribution >= 4 is 16.9 Å². The number of hydrogen-bond acceptors (Lipinski definition) is 3. The molecule has 5 heteroatoms. The second-order valence-electron chi connectivity index (χ2n) is 3.69. The van der Waals surface area contributed by atoms with E-state index in [4.69, 9.17) is 5.73 Å². The van der Waals surface area contributed by atoms with Crippen molar-refractivity contribution in [2.24, 2.45) is 0 Å². The van der Waals surface area contributed by atoms with Crippen LogP contribution in [-0.2, 0) is 0 Å². The molecular formula is C12H9FN4. The van der Waals surface area contributed by atoms with Crippen molar-refractivity contribution in [3.8, 4) is 11.4 Å². The van der Waals surface area contributed by atoms with Gasteiger partial charge in [0.15, 0.2) is 5.65 Å². The number of imidazole rings is 1. The van der Waals surface area contributed by atoms with E-state index in [0.29, 0.717) is 22.7 Å². The molecule has 84 valence electrons. The van der Waals surface area contributed by atoms with Gasteiger partial charge in [0.05, 0.1) is 5.52 Å². The molecule has 17 heavy (non-hydrogen) atoms. The zero-order valence-electron chi connectivity index (χ0n) is 8.81. The van der Waals surface area contributed by atoms with E-state index < -0.39 is 0 Å². The fraction of sp³-hybridized carbons (Fsp3) is 0. The number of nitrogens with two attached hydrogens (primary N) is 1. The number of H-pyrrole nitrogens is 1. The summed E-state index contributed by atoms with van der Waals surface area (Å²) in [4.78, 5) is 11.4. The molecular weight excluding hydrogens is 219 g/mol. The number of hydrogen-bond donors (Lipinski definition) is 2. The van der Waals surface area contributed by atoms with Gasteiger partial charge < -0.3 is 10.7 Å². The number of aromatic nitrogens is 3. The Hall–Kier alpha value is -2.43. The number of fused-ring (bicyclic) bond motifs is 1. The molecule has 0 aliphatic carbocycles. The summed E-state index contributed by atoms with van der Waals surface area (Å²) < 4.78 is 13.2. The summed E-state index contributed by atoms with van der Waals surface area (Å²) in [5.41, 5.74) is 8.20. The standard InChI is InChI=1S/C12H9FN4/c13-7-3-4-9(14)8(6-7)11-16-10-2-1-5-15-12(10)17-11/h1-6H,14H2,(H,15,16,17). The normalized spacial score (nSPS) is 10.9. The molecule has 0 saturated heterocycles. The van der Waals surface area contributed by atoms with Crippen LogP contribution in [0.15, 0.2) is 36.5 Å². The van der Waals surface area contributed by atoms with Crippen molar-refractivity contribution < 1.29 is 4.39 Å². The Morgan fingerprint density at radius 3 is 2.94 bits per heavy atom. The van der Waals surface area contributed by atoms with Crippen LogP contribution in [0.1, 0.15) is 0 Å². The van der Waals surface area contributed by atoms with Crippen LogP contribution in [0.4, 0.5) is 10.1 Å². The summed E-state index contributed by atoms with van der Waals surface area (Å²) in [6.07, 6.45) is 1.65. The van der Waals surface area contributed by atoms with Gasteiger partial charge in [0.25, 0.3) is 0 Å². The predicted octanol–water partition coefficient (Wildman–Crippen LogP) is 2.35. The fourth-order valence-corrected chi connectivity index (χ4v) is 1.71. The summed E-state index contributed by atoms with van der Waals surface area (Å²) >= 11 is 0. The highest BCUT2D eigenvalue weighted by atomic mass is 19.1. The number of rotatable bonds is 1. The van der Waals surface area contributed by atoms with Crippen LogP contribution in [0.25, 0.3) is 22.6 Å². The molecule has 2 aromatic heterocycles. The van der Waals surface area contributed by atoms with E-state index >= 15 is 0 Å². The van der Waals surface area contributed by atoms with Crippen molar-refractivity contribution in [3.63, 3.8) is 0 Å². The molecule has 0 amide bonds. The lowest BCUT2D eigenvalue weighted by Gasteiger charge is -2.01. The topological polar surface area (TPSA) is 67.6 Å². The van der Waals surface area contributed by atoms with Crippen molar-refractivity contribution in [1.29, 1.82) is 0 Å². The Bertz CT molecular complexity index is 657. The smallest absolute Gasteiger partial charge is 0.178 e. The first-order chi connectivity index (χ1) is 8.24. The number of anilines is 1. The highest BCUT2D eigenvalue weighted by Crippen LogP contribution is 2.25. The summed E-state index contributed by atoms with van der Waals surface area (Å²) in [7, 11) is 0. The van der Waals surface area contributed by atoms with Crippen LogP contribution in [-0.4, -0.2) is 15.0 Å². The van der Waals surface area contributed by atoms with Crippen LogP contribution >= 0.6 is 0 Å². The van der Waals surface area contributed by atoms with Gasteiger partial charge in [-0.15, -0.1) is 0 Å². The number of pyridine rings is 1. The van der Waals surface area contributed by atoms with Gasteiger partial charge in [0.2, 0.25) is 0 Å². The molecule has 3 rings (SSSR count). The maximum atomic E-state index is 13.2. The molecule has 0 aliphatic rings. The Morgan fingerprint density at radius 1 is 1.24 bits per heavy atom. The summed E-state index contributed by atoms with van der Waals surface area (Å²) in [6.45, 7) is 0. The average molecular weight is 228 g/mol. The Morgan fingerprint density at radius 2 is 2.12 bits per heavy atom. The third-order valence-electron chi connectivity index (χ3n) is 2.53. The lowest BCUT2D eigenvalue weighted by atomic mass is 10.1. The Kier molecular flexibility index (Phi) is 2.04. The molecule has 0 unspecified atom stereocenters. The quantitative estimate of drug-likeness (QED) is 0.628. The first-order valence-electron chi connectivity index (χ1n) is 5.10. The minimum Gasteiger partial charge on any atom is -0.398 e. The predicted molar refractivity (Wildman–Crippen MR) is 63.7 cm³/mol. The number of nitrogen functional groups attached to an aromatic ring is 1. The summed E-state index contributed by atoms with van der Waals surface area (Å²) in [5, 5.41) is 0. The summed E-state index contributed by atoms with van der Waals surface area (Å²) in [5.74, 6) is 0.179. The maximum absolute atomic E-state index is 13.2. The van der Waals surface area contributed by atoms with Crippen molar-refractivity contribution in [3.05, 3.63) is 42.3 Å². The lowest BCUT2D eigenvalue weighted by molar-refractivity contribution is 0.628. The molecule has 0 bridgehead atoms. The van der Waals surface area contributed by atoms with Gasteiger partial charge in [0.1, 0.15) is 11.6 Å². The van der Waals surface area contributed by atoms with E-state index in [1.807, 2.05) is 6.07 Å². The van der Waals surface area contributed by atoms with E-state index in [-0.39, 0.29) is 5.82 Å². The molecule has 2 heterocycles. The van der Waals surface area contributed by atoms with Crippen molar-refractivity contribution in [2.75, 3.05) is 5.73 Å². The number of aromatic amines is 1. The van der Waals surface area contributed by atoms with E-state index in [9.17, 15) is 4.39 Å². The monoisotopic (exact) mass is 228 g/mol. The van der Waals surface area contributed by atoms with Crippen molar-refractivity contribution in [1.82, 2.24) is 15.0 Å². The van der Waals surface area contributed by atoms with E-state index in [0.717, 1.165) is 5.52 Å². The van der Waals surface area contributed by atoms with Crippen molar-refractivity contribution in [2.45, 2.75) is 0 Å². The van der Waals surface area contributed by atoms with Gasteiger partial charge in [-0.3, -0.25) is 0 Å². The van der Waals surface area contributed by atoms with E-state index in [1.165, 1.54) is 18.2 Å². The molecule has 4 nitrogen and oxygen atoms in total. The fourth-order valence-electron chi connectivity index (χ4n) is 1.71. The first kappa shape index (κ1) is 9.77. The van der Waals surface area contributed by atoms with Crippen LogP contribution in [0.3, 0.4) is 0 Å². The number of nitrogens with zero attached hydrogens (tertiary/aromatic N) is 2. The van der Waals surface area contributed by atoms with E-state index in [1.54, 1.807) is 12.3 Å². The molecule has 3 aromatic rings. The minimum absolute atomic E-state index is 0.345. The van der Waals surface area contributed by atoms with Gasteiger partial charge in [-0.1, -0.05) is 0 Å². The third kappa shape index (κ3) is 1.61. The molecule has 0 radical (unpaired) electrons. The largest absolute Gasteiger partial charge is 0.398 e. The Labute approximate surface area is 96.3 Å². The molecule has 0 aliphatic heterocycles. The Balaban J connectivity index is 2.23. The third-order valence-corrected chi connectivity index (χ3v) is 2.53. The van der Waals surface area contributed by atoms with Gasteiger partial charge >= 0.3 is 0 Å². The second-order valence-corrected chi connectivity index (χ2v) is 3.69. The number of nitrogens with one attached hydrogen (secondary N) is 1. The van der Waals surface area contributed by atoms with Crippen LogP contribution in [0.5, 0.6) is 0 Å². The minimum atomic E-state index is -0.345. The van der Waals surface area contributed by atoms with E-state index in [2.05, 4.69) is 15.0 Å². The molecule has 3 N–H and O–H groups in total. The van der Waals surface area contributed by atoms with Gasteiger partial charge in [-0.25, -0.2) is 14.4 Å². The lowest BCUT2D eigenvalue weighted by Crippen LogP contribution is -1.92. The zero-order valence-corrected chi connectivity index (χ0v) is 8.81. The molecule has 0 saturated carbocycles. The average Bonchev–Trinajstić information content (AvgIpc) is 2.75. The van der Waals surface area contributed by atoms with Crippen LogP contribution in [0.2, 0.25) is 0 Å². The highest BCUT2D eigenvalue weighted by Gasteiger charge is 2.09. The molecule has 0 atom stereocenters. The summed E-state index contributed by atoms with van der Waals surface area (Å²) in [6, 6.07) is 7.85. The second kappa shape index (κ2) is 3.55. The first-order valence-corrected chi connectivity index (χ1v) is 5.10. The van der Waals surface area contributed by atoms with Gasteiger partial charge in [-0.05, 0) is 30.3 Å². The van der Waals surface area contributed by atoms with Gasteiger partial charge in [0, 0.05) is 17.4 Å². The zero-order chi connectivity index (χ0) is 11.8.